The summed E-state index contributed by atoms with van der Waals surface area (Å²) in [6, 6.07) is 0.274. The second-order valence-electron chi connectivity index (χ2n) is 3.81. The number of rotatable bonds is 1. The molecule has 0 bridgehead atoms. The molecule has 0 amide bonds. The number of aromatic amines is 1. The molecule has 76 valence electrons. The summed E-state index contributed by atoms with van der Waals surface area (Å²) < 4.78 is 0. The number of H-pyrrole nitrogens is 1. The Morgan fingerprint density at radius 3 is 2.86 bits per heavy atom. The molecule has 0 aromatic carbocycles. The fraction of sp³-hybridized carbons (Fsp3) is 0.600. The Bertz CT molecular complexity index is 391. The lowest BCUT2D eigenvalue weighted by molar-refractivity contribution is 0.615. The van der Waals surface area contributed by atoms with Crippen LogP contribution in [0.4, 0.5) is 0 Å². The first kappa shape index (κ1) is 9.40. The predicted molar refractivity (Wildman–Crippen MR) is 54.3 cm³/mol. The second-order valence-corrected chi connectivity index (χ2v) is 3.81. The van der Waals surface area contributed by atoms with E-state index in [9.17, 15) is 4.79 Å². The van der Waals surface area contributed by atoms with E-state index < -0.39 is 0 Å². The highest BCUT2D eigenvalue weighted by atomic mass is 16.1. The van der Waals surface area contributed by atoms with Crippen molar-refractivity contribution in [3.8, 4) is 0 Å². The molecule has 0 spiro atoms. The largest absolute Gasteiger partial charge is 0.311 e. The van der Waals surface area contributed by atoms with Gasteiger partial charge in [-0.3, -0.25) is 4.79 Å². The number of nitrogens with zero attached hydrogens (tertiary/aromatic N) is 1. The summed E-state index contributed by atoms with van der Waals surface area (Å²) in [4.78, 5) is 18.6. The topological polar surface area (TPSA) is 57.8 Å². The van der Waals surface area contributed by atoms with Gasteiger partial charge in [0.2, 0.25) is 0 Å². The Morgan fingerprint density at radius 1 is 1.43 bits per heavy atom. The zero-order valence-electron chi connectivity index (χ0n) is 8.55. The first-order chi connectivity index (χ1) is 6.68. The molecule has 4 heteroatoms. The number of aromatic nitrogens is 2. The third-order valence-corrected chi connectivity index (χ3v) is 2.70. The molecule has 1 aliphatic rings. The van der Waals surface area contributed by atoms with Gasteiger partial charge in [0.05, 0.1) is 11.7 Å². The van der Waals surface area contributed by atoms with E-state index in [1.54, 1.807) is 0 Å². The van der Waals surface area contributed by atoms with Gasteiger partial charge in [-0.15, -0.1) is 0 Å². The first-order valence-electron chi connectivity index (χ1n) is 4.99. The maximum atomic E-state index is 11.5. The summed E-state index contributed by atoms with van der Waals surface area (Å²) in [5, 5.41) is 3.35. The molecule has 14 heavy (non-hydrogen) atoms. The molecule has 0 saturated carbocycles. The van der Waals surface area contributed by atoms with Crippen molar-refractivity contribution in [2.24, 2.45) is 0 Å². The Kier molecular flexibility index (Phi) is 2.37. The summed E-state index contributed by atoms with van der Waals surface area (Å²) in [6.45, 7) is 4.68. The van der Waals surface area contributed by atoms with Crippen molar-refractivity contribution in [1.29, 1.82) is 0 Å². The lowest BCUT2D eigenvalue weighted by atomic mass is 10.1. The standard InChI is InChI=1S/C10H15N3O/c1-6-9(8-4-3-5-11-8)12-7(2)13-10(6)14/h8,11H,3-5H2,1-2H3,(H,12,13,14)/t8-/m0/s1. The molecule has 0 unspecified atom stereocenters. The number of aryl methyl sites for hydroxylation is 1. The number of nitrogens with one attached hydrogen (secondary N) is 2. The van der Waals surface area contributed by atoms with Crippen molar-refractivity contribution in [2.75, 3.05) is 6.54 Å². The maximum Gasteiger partial charge on any atom is 0.254 e. The highest BCUT2D eigenvalue weighted by Gasteiger charge is 2.20. The Balaban J connectivity index is 2.45. The van der Waals surface area contributed by atoms with Crippen LogP contribution in [0.1, 0.15) is 36.0 Å². The third-order valence-electron chi connectivity index (χ3n) is 2.70. The Labute approximate surface area is 82.8 Å². The molecule has 1 aromatic rings. The molecule has 2 rings (SSSR count). The monoisotopic (exact) mass is 193 g/mol. The number of hydrogen-bond donors (Lipinski definition) is 2. The van der Waals surface area contributed by atoms with Crippen LogP contribution in [-0.4, -0.2) is 16.5 Å². The highest BCUT2D eigenvalue weighted by molar-refractivity contribution is 5.20. The van der Waals surface area contributed by atoms with Crippen molar-refractivity contribution in [3.05, 3.63) is 27.4 Å². The summed E-state index contributed by atoms with van der Waals surface area (Å²) in [7, 11) is 0. The van der Waals surface area contributed by atoms with Crippen LogP contribution in [-0.2, 0) is 0 Å². The normalized spacial score (nSPS) is 21.4. The zero-order valence-corrected chi connectivity index (χ0v) is 8.55. The van der Waals surface area contributed by atoms with Gasteiger partial charge < -0.3 is 10.3 Å². The minimum absolute atomic E-state index is 0.0128. The molecular formula is C10H15N3O. The molecule has 0 radical (unpaired) electrons. The van der Waals surface area contributed by atoms with E-state index in [1.807, 2.05) is 13.8 Å². The van der Waals surface area contributed by atoms with Gasteiger partial charge >= 0.3 is 0 Å². The Morgan fingerprint density at radius 2 is 2.21 bits per heavy atom. The molecule has 2 N–H and O–H groups in total. The molecule has 1 aromatic heterocycles. The van der Waals surface area contributed by atoms with Gasteiger partial charge in [0.15, 0.2) is 0 Å². The van der Waals surface area contributed by atoms with Crippen LogP contribution in [0.3, 0.4) is 0 Å². The number of hydrogen-bond acceptors (Lipinski definition) is 3. The second kappa shape index (κ2) is 3.53. The van der Waals surface area contributed by atoms with E-state index >= 15 is 0 Å². The molecule has 1 aliphatic heterocycles. The van der Waals surface area contributed by atoms with E-state index in [0.717, 1.165) is 30.6 Å². The van der Waals surface area contributed by atoms with E-state index in [1.165, 1.54) is 0 Å². The molecule has 4 nitrogen and oxygen atoms in total. The molecule has 0 aliphatic carbocycles. The smallest absolute Gasteiger partial charge is 0.254 e. The average molecular weight is 193 g/mol. The highest BCUT2D eigenvalue weighted by Crippen LogP contribution is 2.22. The van der Waals surface area contributed by atoms with Gasteiger partial charge in [0, 0.05) is 5.56 Å². The van der Waals surface area contributed by atoms with Gasteiger partial charge in [-0.05, 0) is 33.2 Å². The van der Waals surface area contributed by atoms with Gasteiger partial charge in [0.1, 0.15) is 5.82 Å². The zero-order chi connectivity index (χ0) is 10.1. The van der Waals surface area contributed by atoms with Crippen molar-refractivity contribution >= 4 is 0 Å². The van der Waals surface area contributed by atoms with Crippen molar-refractivity contribution in [1.82, 2.24) is 15.3 Å². The minimum atomic E-state index is -0.0128. The van der Waals surface area contributed by atoms with E-state index in [-0.39, 0.29) is 11.6 Å². The van der Waals surface area contributed by atoms with Crippen LogP contribution in [0.25, 0.3) is 0 Å². The van der Waals surface area contributed by atoms with E-state index in [4.69, 9.17) is 0 Å². The molecule has 1 saturated heterocycles. The van der Waals surface area contributed by atoms with Crippen molar-refractivity contribution in [2.45, 2.75) is 32.7 Å². The van der Waals surface area contributed by atoms with Gasteiger partial charge in [-0.25, -0.2) is 4.98 Å². The summed E-state index contributed by atoms with van der Waals surface area (Å²) in [6.07, 6.45) is 2.24. The van der Waals surface area contributed by atoms with Crippen molar-refractivity contribution in [3.63, 3.8) is 0 Å². The molecular weight excluding hydrogens is 178 g/mol. The fourth-order valence-corrected chi connectivity index (χ4v) is 1.92. The summed E-state index contributed by atoms with van der Waals surface area (Å²) in [5.74, 6) is 0.698. The summed E-state index contributed by atoms with van der Waals surface area (Å²) >= 11 is 0. The quantitative estimate of drug-likeness (QED) is 0.694. The molecule has 2 heterocycles. The SMILES string of the molecule is Cc1nc([C@@H]2CCCN2)c(C)c(=O)[nH]1. The summed E-state index contributed by atoms with van der Waals surface area (Å²) in [5.41, 5.74) is 1.65. The van der Waals surface area contributed by atoms with Crippen LogP contribution in [0.2, 0.25) is 0 Å². The fourth-order valence-electron chi connectivity index (χ4n) is 1.92. The predicted octanol–water partition coefficient (Wildman–Crippen LogP) is 0.811. The van der Waals surface area contributed by atoms with Crippen LogP contribution in [0, 0.1) is 13.8 Å². The molecule has 1 fully saturated rings. The van der Waals surface area contributed by atoms with E-state index in [2.05, 4.69) is 15.3 Å². The first-order valence-corrected chi connectivity index (χ1v) is 4.99. The Hall–Kier alpha value is -1.16. The van der Waals surface area contributed by atoms with Gasteiger partial charge in [0.25, 0.3) is 5.56 Å². The molecule has 1 atom stereocenters. The van der Waals surface area contributed by atoms with Crippen LogP contribution >= 0.6 is 0 Å². The average Bonchev–Trinajstić information content (AvgIpc) is 2.63. The van der Waals surface area contributed by atoms with Crippen LogP contribution in [0.15, 0.2) is 4.79 Å². The van der Waals surface area contributed by atoms with E-state index in [0.29, 0.717) is 5.82 Å². The van der Waals surface area contributed by atoms with Crippen LogP contribution < -0.4 is 10.9 Å². The lowest BCUT2D eigenvalue weighted by Gasteiger charge is -2.12. The maximum absolute atomic E-state index is 11.5. The third kappa shape index (κ3) is 1.57. The lowest BCUT2D eigenvalue weighted by Crippen LogP contribution is -2.22. The van der Waals surface area contributed by atoms with Crippen molar-refractivity contribution < 1.29 is 0 Å². The van der Waals surface area contributed by atoms with Gasteiger partial charge in [-0.1, -0.05) is 0 Å². The van der Waals surface area contributed by atoms with Gasteiger partial charge in [-0.2, -0.15) is 0 Å². The minimum Gasteiger partial charge on any atom is -0.311 e. The van der Waals surface area contributed by atoms with Crippen LogP contribution in [0.5, 0.6) is 0 Å².